The van der Waals surface area contributed by atoms with Gasteiger partial charge in [0.05, 0.1) is 24.8 Å². The van der Waals surface area contributed by atoms with Crippen LogP contribution in [0.25, 0.3) is 5.69 Å². The molecule has 0 bridgehead atoms. The molecule has 2 heterocycles. The number of aromatic nitrogens is 3. The summed E-state index contributed by atoms with van der Waals surface area (Å²) < 4.78 is 46.8. The Hall–Kier alpha value is -3.40. The van der Waals surface area contributed by atoms with Crippen LogP contribution in [-0.2, 0) is 26.3 Å². The second kappa shape index (κ2) is 10.2. The van der Waals surface area contributed by atoms with E-state index in [1.807, 2.05) is 30.9 Å². The number of carbonyl (C=O) groups excluding carboxylic acids is 1. The normalized spacial score (nSPS) is 21.4. The van der Waals surface area contributed by atoms with E-state index in [0.29, 0.717) is 23.7 Å². The quantitative estimate of drug-likeness (QED) is 0.335. The third kappa shape index (κ3) is 5.11. The summed E-state index contributed by atoms with van der Waals surface area (Å²) >= 11 is 0. The minimum atomic E-state index is -4.58. The molecule has 0 radical (unpaired) electrons. The smallest absolute Gasteiger partial charge is 0.385 e. The topological polar surface area (TPSA) is 66.1 Å². The van der Waals surface area contributed by atoms with Crippen LogP contribution in [0.5, 0.6) is 0 Å². The first kappa shape index (κ1) is 27.8. The lowest BCUT2D eigenvalue weighted by molar-refractivity contribution is -0.657. The van der Waals surface area contributed by atoms with Crippen molar-refractivity contribution in [1.29, 1.82) is 0 Å². The van der Waals surface area contributed by atoms with Gasteiger partial charge in [-0.2, -0.15) is 13.2 Å². The molecule has 0 atom stereocenters. The minimum absolute atomic E-state index is 0.0331. The molecule has 2 aliphatic carbocycles. The molecule has 0 unspecified atom stereocenters. The number of nitrogens with zero attached hydrogens (tertiary/aromatic N) is 4. The number of amides is 1. The van der Waals surface area contributed by atoms with E-state index in [-0.39, 0.29) is 35.7 Å². The van der Waals surface area contributed by atoms with E-state index in [4.69, 9.17) is 0 Å². The Labute approximate surface area is 238 Å². The van der Waals surface area contributed by atoms with Crippen molar-refractivity contribution in [3.63, 3.8) is 0 Å². The van der Waals surface area contributed by atoms with Gasteiger partial charge in [-0.3, -0.25) is 9.69 Å². The maximum absolute atomic E-state index is 14.4. The maximum Gasteiger partial charge on any atom is 0.416 e. The van der Waals surface area contributed by atoms with Gasteiger partial charge in [0.1, 0.15) is 0 Å². The van der Waals surface area contributed by atoms with Crippen LogP contribution in [0.15, 0.2) is 36.9 Å². The van der Waals surface area contributed by atoms with Crippen LogP contribution in [0.2, 0.25) is 0 Å². The SMILES string of the molecule is CCNc1cc(N2Cc3c(cc(CNC4(C)CCC4)cc3C(F)(F)F)C2=O)c(-[n+]2cn(C)cn2)c([C@H]2C[C@@H](C)C2)c1. The summed E-state index contributed by atoms with van der Waals surface area (Å²) in [6.07, 6.45) is 4.06. The molecule has 2 N–H and O–H groups in total. The summed E-state index contributed by atoms with van der Waals surface area (Å²) in [5, 5.41) is 11.3. The molecule has 1 aliphatic heterocycles. The molecule has 10 heteroatoms. The van der Waals surface area contributed by atoms with Gasteiger partial charge in [-0.1, -0.05) is 11.6 Å². The van der Waals surface area contributed by atoms with Crippen LogP contribution in [0.1, 0.15) is 91.4 Å². The highest BCUT2D eigenvalue weighted by molar-refractivity contribution is 6.11. The Morgan fingerprint density at radius 1 is 1.17 bits per heavy atom. The largest absolute Gasteiger partial charge is 0.416 e. The van der Waals surface area contributed by atoms with Gasteiger partial charge in [-0.15, -0.1) is 0 Å². The zero-order valence-electron chi connectivity index (χ0n) is 24.1. The minimum Gasteiger partial charge on any atom is -0.385 e. The van der Waals surface area contributed by atoms with Gasteiger partial charge < -0.3 is 10.6 Å². The summed E-state index contributed by atoms with van der Waals surface area (Å²) in [7, 11) is 1.87. The fourth-order valence-corrected chi connectivity index (χ4v) is 6.57. The van der Waals surface area contributed by atoms with Crippen LogP contribution in [0.4, 0.5) is 24.5 Å². The van der Waals surface area contributed by atoms with Crippen molar-refractivity contribution in [3.05, 3.63) is 64.7 Å². The van der Waals surface area contributed by atoms with Crippen LogP contribution >= 0.6 is 0 Å². The number of nitrogens with one attached hydrogen (secondary N) is 2. The molecule has 218 valence electrons. The van der Waals surface area contributed by atoms with Gasteiger partial charge in [-0.25, -0.2) is 4.57 Å². The number of rotatable bonds is 8. The Morgan fingerprint density at radius 3 is 2.51 bits per heavy atom. The molecule has 3 aromatic rings. The lowest BCUT2D eigenvalue weighted by atomic mass is 9.71. The third-order valence-electron chi connectivity index (χ3n) is 9.07. The van der Waals surface area contributed by atoms with E-state index < -0.39 is 17.6 Å². The monoisotopic (exact) mass is 567 g/mol. The maximum atomic E-state index is 14.4. The van der Waals surface area contributed by atoms with Crippen LogP contribution in [0, 0.1) is 5.92 Å². The van der Waals surface area contributed by atoms with Gasteiger partial charge in [0.2, 0.25) is 6.33 Å². The fraction of sp³-hybridized carbons (Fsp3) is 0.516. The van der Waals surface area contributed by atoms with E-state index in [9.17, 15) is 18.0 Å². The molecular weight excluding hydrogens is 529 g/mol. The Kier molecular flexibility index (Phi) is 6.87. The first-order valence-electron chi connectivity index (χ1n) is 14.6. The first-order chi connectivity index (χ1) is 19.5. The molecule has 6 rings (SSSR count). The summed E-state index contributed by atoms with van der Waals surface area (Å²) in [4.78, 5) is 15.6. The number of alkyl halides is 3. The average molecular weight is 568 g/mol. The molecule has 3 aliphatic rings. The van der Waals surface area contributed by atoms with Gasteiger partial charge in [-0.05, 0) is 98.3 Å². The molecule has 41 heavy (non-hydrogen) atoms. The third-order valence-corrected chi connectivity index (χ3v) is 9.07. The highest BCUT2D eigenvalue weighted by Gasteiger charge is 2.43. The van der Waals surface area contributed by atoms with Crippen LogP contribution < -0.4 is 20.2 Å². The Morgan fingerprint density at radius 2 is 1.93 bits per heavy atom. The number of benzene rings is 2. The molecule has 2 aromatic carbocycles. The predicted molar refractivity (Wildman–Crippen MR) is 151 cm³/mol. The number of hydrogen-bond acceptors (Lipinski definition) is 4. The van der Waals surface area contributed by atoms with Gasteiger partial charge in [0.25, 0.3) is 12.2 Å². The Bertz CT molecular complexity index is 1490. The van der Waals surface area contributed by atoms with E-state index in [1.165, 1.54) is 11.0 Å². The second-order valence-corrected chi connectivity index (χ2v) is 12.4. The lowest BCUT2D eigenvalue weighted by Crippen LogP contribution is -2.47. The van der Waals surface area contributed by atoms with Crippen molar-refractivity contribution in [2.75, 3.05) is 16.8 Å². The number of hydrogen-bond donors (Lipinski definition) is 2. The number of carbonyl (C=O) groups is 1. The van der Waals surface area contributed by atoms with Gasteiger partial charge in [0.15, 0.2) is 5.69 Å². The number of anilines is 2. The van der Waals surface area contributed by atoms with Crippen molar-refractivity contribution in [2.24, 2.45) is 13.0 Å². The second-order valence-electron chi connectivity index (χ2n) is 12.4. The molecular formula is C31H38F3N6O+. The van der Waals surface area contributed by atoms with E-state index in [1.54, 1.807) is 17.1 Å². The molecule has 7 nitrogen and oxygen atoms in total. The highest BCUT2D eigenvalue weighted by atomic mass is 19.4. The Balaban J connectivity index is 1.46. The zero-order valence-corrected chi connectivity index (χ0v) is 24.1. The lowest BCUT2D eigenvalue weighted by Gasteiger charge is -2.39. The van der Waals surface area contributed by atoms with Crippen molar-refractivity contribution < 1.29 is 22.6 Å². The van der Waals surface area contributed by atoms with Crippen LogP contribution in [-0.4, -0.2) is 27.7 Å². The van der Waals surface area contributed by atoms with Crippen molar-refractivity contribution >= 4 is 17.3 Å². The fourth-order valence-electron chi connectivity index (χ4n) is 6.57. The standard InChI is InChI=1S/C31H38F3N6O/c1-5-35-22-13-23(21-9-19(2)10-21)28(40-18-38(4)17-37-40)27(14-22)39-16-25-24(29(39)41)11-20(12-26(25)31(32,33)34)15-36-30(3)7-6-8-30/h11-14,17-19,21,35-36H,5-10,15-16H2,1-4H3/q+1/t19-,21+. The average Bonchev–Trinajstić information content (AvgIpc) is 3.46. The summed E-state index contributed by atoms with van der Waals surface area (Å²) in [6.45, 7) is 7.13. The summed E-state index contributed by atoms with van der Waals surface area (Å²) in [5.41, 5.74) is 3.05. The van der Waals surface area contributed by atoms with Crippen molar-refractivity contribution in [1.82, 2.24) is 15.0 Å². The molecule has 1 amide bonds. The van der Waals surface area contributed by atoms with E-state index in [0.717, 1.165) is 49.0 Å². The molecule has 2 fully saturated rings. The molecule has 1 aromatic heterocycles. The number of aryl methyl sites for hydroxylation is 1. The molecule has 2 saturated carbocycles. The summed E-state index contributed by atoms with van der Waals surface area (Å²) in [6, 6.07) is 6.86. The summed E-state index contributed by atoms with van der Waals surface area (Å²) in [5.74, 6) is 0.457. The zero-order chi connectivity index (χ0) is 29.1. The molecule has 0 spiro atoms. The van der Waals surface area contributed by atoms with Crippen molar-refractivity contribution in [2.45, 2.75) is 83.6 Å². The number of halogens is 3. The van der Waals surface area contributed by atoms with E-state index in [2.05, 4.69) is 35.6 Å². The first-order valence-corrected chi connectivity index (χ1v) is 14.6. The highest BCUT2D eigenvalue weighted by Crippen LogP contribution is 2.47. The predicted octanol–water partition coefficient (Wildman–Crippen LogP) is 5.85. The van der Waals surface area contributed by atoms with Gasteiger partial charge >= 0.3 is 6.18 Å². The van der Waals surface area contributed by atoms with E-state index >= 15 is 0 Å². The van der Waals surface area contributed by atoms with Gasteiger partial charge in [0, 0.05) is 35.4 Å². The van der Waals surface area contributed by atoms with Crippen molar-refractivity contribution in [3.8, 4) is 5.69 Å². The molecule has 0 saturated heterocycles. The number of fused-ring (bicyclic) bond motifs is 1. The van der Waals surface area contributed by atoms with Crippen LogP contribution in [0.3, 0.4) is 0 Å².